The van der Waals surface area contributed by atoms with Crippen molar-refractivity contribution in [2.45, 2.75) is 39.8 Å². The predicted molar refractivity (Wildman–Crippen MR) is 84.2 cm³/mol. The highest BCUT2D eigenvalue weighted by molar-refractivity contribution is 9.10. The molecule has 1 aromatic carbocycles. The second kappa shape index (κ2) is 7.56. The van der Waals surface area contributed by atoms with Crippen molar-refractivity contribution in [3.05, 3.63) is 40.0 Å². The third-order valence-electron chi connectivity index (χ3n) is 2.91. The zero-order chi connectivity index (χ0) is 15.2. The number of halogens is 1. The van der Waals surface area contributed by atoms with E-state index in [4.69, 9.17) is 9.26 Å². The van der Waals surface area contributed by atoms with Crippen LogP contribution in [0.2, 0.25) is 0 Å². The van der Waals surface area contributed by atoms with Crippen molar-refractivity contribution >= 4 is 15.9 Å². The number of benzene rings is 1. The van der Waals surface area contributed by atoms with Gasteiger partial charge in [-0.05, 0) is 40.2 Å². The van der Waals surface area contributed by atoms with E-state index in [-0.39, 0.29) is 5.92 Å². The van der Waals surface area contributed by atoms with Crippen molar-refractivity contribution in [1.29, 1.82) is 0 Å². The minimum Gasteiger partial charge on any atom is -0.484 e. The number of nitrogens with one attached hydrogen (secondary N) is 1. The van der Waals surface area contributed by atoms with Gasteiger partial charge in [0.05, 0.1) is 4.47 Å². The Morgan fingerprint density at radius 2 is 2.19 bits per heavy atom. The van der Waals surface area contributed by atoms with E-state index in [0.29, 0.717) is 18.3 Å². The molecule has 0 fully saturated rings. The maximum absolute atomic E-state index is 5.72. The lowest BCUT2D eigenvalue weighted by Gasteiger charge is -2.08. The summed E-state index contributed by atoms with van der Waals surface area (Å²) in [5.74, 6) is 2.19. The Morgan fingerprint density at radius 1 is 1.38 bits per heavy atom. The van der Waals surface area contributed by atoms with Crippen LogP contribution in [0.3, 0.4) is 0 Å². The summed E-state index contributed by atoms with van der Waals surface area (Å²) in [6.45, 7) is 8.20. The highest BCUT2D eigenvalue weighted by atomic mass is 79.9. The second-order valence-corrected chi connectivity index (χ2v) is 5.89. The molecule has 0 aliphatic heterocycles. The van der Waals surface area contributed by atoms with Crippen molar-refractivity contribution in [1.82, 2.24) is 15.5 Å². The van der Waals surface area contributed by atoms with Crippen LogP contribution in [-0.4, -0.2) is 16.7 Å². The van der Waals surface area contributed by atoms with Crippen LogP contribution in [0, 0.1) is 0 Å². The van der Waals surface area contributed by atoms with Gasteiger partial charge in [0.15, 0.2) is 6.61 Å². The first-order valence-corrected chi connectivity index (χ1v) is 7.84. The lowest BCUT2D eigenvalue weighted by atomic mass is 10.2. The molecular formula is C15H20BrN3O2. The van der Waals surface area contributed by atoms with E-state index >= 15 is 0 Å². The summed E-state index contributed by atoms with van der Waals surface area (Å²) in [5.41, 5.74) is 1.21. The molecule has 0 atom stereocenters. The quantitative estimate of drug-likeness (QED) is 0.823. The molecule has 1 N–H and O–H groups in total. The number of nitrogens with zero attached hydrogens (tertiary/aromatic N) is 2. The minimum atomic E-state index is 0.225. The van der Waals surface area contributed by atoms with Gasteiger partial charge in [-0.15, -0.1) is 0 Å². The lowest BCUT2D eigenvalue weighted by Crippen LogP contribution is -2.11. The average molecular weight is 354 g/mol. The van der Waals surface area contributed by atoms with Crippen LogP contribution in [0.1, 0.15) is 44.0 Å². The highest BCUT2D eigenvalue weighted by Crippen LogP contribution is 2.26. The van der Waals surface area contributed by atoms with Gasteiger partial charge in [-0.3, -0.25) is 0 Å². The van der Waals surface area contributed by atoms with Crippen LogP contribution in [0.4, 0.5) is 0 Å². The number of hydrogen-bond acceptors (Lipinski definition) is 5. The third-order valence-corrected chi connectivity index (χ3v) is 3.53. The topological polar surface area (TPSA) is 60.2 Å². The maximum Gasteiger partial charge on any atom is 0.229 e. The molecule has 0 bridgehead atoms. The number of hydrogen-bond donors (Lipinski definition) is 1. The Morgan fingerprint density at radius 3 is 2.81 bits per heavy atom. The molecule has 0 saturated carbocycles. The molecule has 0 aliphatic rings. The Balaban J connectivity index is 1.96. The molecule has 114 valence electrons. The molecule has 21 heavy (non-hydrogen) atoms. The Kier molecular flexibility index (Phi) is 5.76. The van der Waals surface area contributed by atoms with E-state index in [1.54, 1.807) is 0 Å². The van der Waals surface area contributed by atoms with Gasteiger partial charge in [0.1, 0.15) is 5.75 Å². The van der Waals surface area contributed by atoms with E-state index in [1.807, 2.05) is 32.0 Å². The average Bonchev–Trinajstić information content (AvgIpc) is 2.93. The molecule has 0 unspecified atom stereocenters. The van der Waals surface area contributed by atoms with Crippen LogP contribution < -0.4 is 10.1 Å². The molecular weight excluding hydrogens is 334 g/mol. The molecule has 2 rings (SSSR count). The van der Waals surface area contributed by atoms with Gasteiger partial charge in [-0.2, -0.15) is 4.98 Å². The molecule has 1 aromatic heterocycles. The fraction of sp³-hybridized carbons (Fsp3) is 0.467. The normalized spacial score (nSPS) is 11.1. The largest absolute Gasteiger partial charge is 0.484 e. The third kappa shape index (κ3) is 4.54. The Bertz CT molecular complexity index is 584. The summed E-state index contributed by atoms with van der Waals surface area (Å²) in [6, 6.07) is 6.03. The molecule has 6 heteroatoms. The standard InChI is InChI=1S/C15H20BrN3O2/c1-4-17-8-11-5-6-13(12(16)7-11)20-9-14-18-15(10(2)3)21-19-14/h5-7,10,17H,4,8-9H2,1-3H3. The van der Waals surface area contributed by atoms with E-state index in [1.165, 1.54) is 5.56 Å². The van der Waals surface area contributed by atoms with E-state index < -0.39 is 0 Å². The van der Waals surface area contributed by atoms with Crippen LogP contribution in [-0.2, 0) is 13.2 Å². The number of aromatic nitrogens is 2. The van der Waals surface area contributed by atoms with Gasteiger partial charge in [0.2, 0.25) is 11.7 Å². The summed E-state index contributed by atoms with van der Waals surface area (Å²) < 4.78 is 11.8. The van der Waals surface area contributed by atoms with Crippen molar-refractivity contribution in [2.75, 3.05) is 6.54 Å². The zero-order valence-electron chi connectivity index (χ0n) is 12.5. The van der Waals surface area contributed by atoms with Crippen LogP contribution >= 0.6 is 15.9 Å². The zero-order valence-corrected chi connectivity index (χ0v) is 14.1. The van der Waals surface area contributed by atoms with Crippen molar-refractivity contribution in [3.8, 4) is 5.75 Å². The SMILES string of the molecule is CCNCc1ccc(OCc2noc(C(C)C)n2)c(Br)c1. The van der Waals surface area contributed by atoms with Gasteiger partial charge >= 0.3 is 0 Å². The molecule has 0 aliphatic carbocycles. The van der Waals surface area contributed by atoms with Gasteiger partial charge < -0.3 is 14.6 Å². The first-order chi connectivity index (χ1) is 10.1. The van der Waals surface area contributed by atoms with Crippen LogP contribution in [0.5, 0.6) is 5.75 Å². The molecule has 1 heterocycles. The predicted octanol–water partition coefficient (Wildman–Crippen LogP) is 3.64. The van der Waals surface area contributed by atoms with Gasteiger partial charge in [0.25, 0.3) is 0 Å². The fourth-order valence-electron chi connectivity index (χ4n) is 1.74. The summed E-state index contributed by atoms with van der Waals surface area (Å²) in [7, 11) is 0. The van der Waals surface area contributed by atoms with Gasteiger partial charge in [-0.25, -0.2) is 0 Å². The molecule has 0 saturated heterocycles. The van der Waals surface area contributed by atoms with Crippen molar-refractivity contribution in [2.24, 2.45) is 0 Å². The van der Waals surface area contributed by atoms with Gasteiger partial charge in [0, 0.05) is 12.5 Å². The Labute approximate surface area is 133 Å². The maximum atomic E-state index is 5.72. The van der Waals surface area contributed by atoms with Crippen molar-refractivity contribution in [3.63, 3.8) is 0 Å². The van der Waals surface area contributed by atoms with Crippen molar-refractivity contribution < 1.29 is 9.26 Å². The molecule has 5 nitrogen and oxygen atoms in total. The summed E-state index contributed by atoms with van der Waals surface area (Å²) in [5, 5.41) is 7.19. The van der Waals surface area contributed by atoms with E-state index in [0.717, 1.165) is 23.3 Å². The molecule has 2 aromatic rings. The second-order valence-electron chi connectivity index (χ2n) is 5.04. The smallest absolute Gasteiger partial charge is 0.229 e. The lowest BCUT2D eigenvalue weighted by molar-refractivity contribution is 0.282. The van der Waals surface area contributed by atoms with Crippen LogP contribution in [0.15, 0.2) is 27.2 Å². The summed E-state index contributed by atoms with van der Waals surface area (Å²) in [6.07, 6.45) is 0. The monoisotopic (exact) mass is 353 g/mol. The van der Waals surface area contributed by atoms with E-state index in [9.17, 15) is 0 Å². The Hall–Kier alpha value is -1.40. The molecule has 0 amide bonds. The molecule has 0 radical (unpaired) electrons. The first-order valence-electron chi connectivity index (χ1n) is 7.04. The first kappa shape index (κ1) is 16.0. The van der Waals surface area contributed by atoms with E-state index in [2.05, 4.69) is 38.3 Å². The summed E-state index contributed by atoms with van der Waals surface area (Å²) >= 11 is 3.52. The van der Waals surface area contributed by atoms with Crippen LogP contribution in [0.25, 0.3) is 0 Å². The van der Waals surface area contributed by atoms with Gasteiger partial charge in [-0.1, -0.05) is 32.0 Å². The fourth-order valence-corrected chi connectivity index (χ4v) is 2.28. The number of rotatable bonds is 7. The minimum absolute atomic E-state index is 0.225. The summed E-state index contributed by atoms with van der Waals surface area (Å²) in [4.78, 5) is 4.28. The highest BCUT2D eigenvalue weighted by Gasteiger charge is 2.11. The number of ether oxygens (including phenoxy) is 1. The molecule has 0 spiro atoms.